The molecule has 6 N–H and O–H groups in total. The van der Waals surface area contributed by atoms with Gasteiger partial charge in [-0.1, -0.05) is 165 Å². The van der Waals surface area contributed by atoms with Crippen molar-refractivity contribution in [1.82, 2.24) is 36.8 Å². The molecule has 1 saturated carbocycles. The highest BCUT2D eigenvalue weighted by molar-refractivity contribution is 5.88. The van der Waals surface area contributed by atoms with Gasteiger partial charge < -0.3 is 41.5 Å². The quantitative estimate of drug-likeness (QED) is 0.164. The van der Waals surface area contributed by atoms with Crippen molar-refractivity contribution in [3.05, 3.63) is 0 Å². The maximum absolute atomic E-state index is 12.4. The SMILES string of the molecule is CC(C)(C)C1CCCC1.CC(C)(C)C1CCCCN1.CC(C)(C)C1CCCNC1.CC(C)(C)C1CCNC1.CC(C)(C)C1CCNCC1.CC(C)(C)C1CNCCN1C(=O)CCC1=NCN=N1.CC(C)(C)C1COCCN1. The molecule has 12 heteroatoms. The van der Waals surface area contributed by atoms with E-state index in [0.717, 1.165) is 69.1 Å². The minimum absolute atomic E-state index is 0.0909. The summed E-state index contributed by atoms with van der Waals surface area (Å²) in [5.74, 6) is 4.65. The Bertz CT molecular complexity index is 1460. The molecule has 8 aliphatic rings. The summed E-state index contributed by atoms with van der Waals surface area (Å²) in [5.41, 5.74) is 3.02. The summed E-state index contributed by atoms with van der Waals surface area (Å²) < 4.78 is 5.35. The third-order valence-corrected chi connectivity index (χ3v) is 17.9. The van der Waals surface area contributed by atoms with Crippen LogP contribution in [0, 0.1) is 61.6 Å². The lowest BCUT2D eigenvalue weighted by atomic mass is 9.76. The Hall–Kier alpha value is -1.54. The molecule has 0 radical (unpaired) electrons. The zero-order chi connectivity index (χ0) is 58.1. The standard InChI is InChI=1S/C13H23N5O.3C9H19N.C9H18.C8H17NO.C8H17N/c1-13(2,3)10-8-14-6-7-18(10)12(19)5-4-11-15-9-16-17-11;1-9(2,3)8-4-6-10-7-5-8;1-9(2,3)8-5-4-6-10-7-8;1-9(2,3)8-6-4-5-7-10-8;1-9(2,3)8-6-4-5-7-8;1-8(2,3)7-6-10-5-4-9-7;1-8(2,3)7-4-5-9-6-7/h10,14H,4-9H2,1-3H3;3*8,10H,4-7H2,1-3H3;8H,4-7H2,1-3H3;7,9H,4-6H2,1-3H3;7,9H,4-6H2,1-3H3. The second-order valence-corrected chi connectivity index (χ2v) is 31.6. The van der Waals surface area contributed by atoms with Crippen LogP contribution in [0.3, 0.4) is 0 Å². The van der Waals surface area contributed by atoms with Crippen molar-refractivity contribution >= 4 is 11.7 Å². The lowest BCUT2D eigenvalue weighted by molar-refractivity contribution is -0.136. The Morgan fingerprint density at radius 3 is 1.32 bits per heavy atom. The van der Waals surface area contributed by atoms with E-state index in [1.807, 2.05) is 4.90 Å². The number of hydrogen-bond donors (Lipinski definition) is 6. The number of nitrogens with zero attached hydrogens (tertiary/aromatic N) is 4. The number of hydrogen-bond acceptors (Lipinski definition) is 11. The predicted octanol–water partition coefficient (Wildman–Crippen LogP) is 13.6. The summed E-state index contributed by atoms with van der Waals surface area (Å²) in [6.07, 6.45) is 18.0. The van der Waals surface area contributed by atoms with Gasteiger partial charge in [-0.2, -0.15) is 5.11 Å². The van der Waals surface area contributed by atoms with Crippen LogP contribution in [0.4, 0.5) is 0 Å². The molecule has 12 nitrogen and oxygen atoms in total. The molecule has 6 saturated heterocycles. The molecule has 7 aliphatic heterocycles. The first-order chi connectivity index (χ1) is 35.6. The molecule has 7 heterocycles. The van der Waals surface area contributed by atoms with Crippen LogP contribution in [0.25, 0.3) is 0 Å². The average Bonchev–Trinajstić information content (AvgIpc) is 4.21. The van der Waals surface area contributed by atoms with Gasteiger partial charge >= 0.3 is 0 Å². The van der Waals surface area contributed by atoms with Gasteiger partial charge in [0.2, 0.25) is 5.91 Å². The van der Waals surface area contributed by atoms with E-state index in [4.69, 9.17) is 4.74 Å². The maximum Gasteiger partial charge on any atom is 0.223 e. The lowest BCUT2D eigenvalue weighted by Crippen LogP contribution is -2.58. The van der Waals surface area contributed by atoms with Gasteiger partial charge in [-0.3, -0.25) is 4.79 Å². The van der Waals surface area contributed by atoms with Crippen molar-refractivity contribution in [3.63, 3.8) is 0 Å². The molecule has 5 atom stereocenters. The minimum Gasteiger partial charge on any atom is -0.378 e. The number of morpholine rings is 1. The van der Waals surface area contributed by atoms with E-state index in [1.54, 1.807) is 0 Å². The monoisotopic (exact) mass is 1090 g/mol. The topological polar surface area (TPSA) is 139 Å². The first-order valence-corrected chi connectivity index (χ1v) is 31.7. The molecule has 0 bridgehead atoms. The number of piperazine rings is 1. The van der Waals surface area contributed by atoms with Gasteiger partial charge in [0.05, 0.1) is 13.2 Å². The number of carbonyl (C=O) groups excluding carboxylic acids is 1. The van der Waals surface area contributed by atoms with Crippen LogP contribution in [0.2, 0.25) is 0 Å². The Kier molecular flexibility index (Phi) is 31.7. The number of carbonyl (C=O) groups is 1. The van der Waals surface area contributed by atoms with Crippen LogP contribution in [0.1, 0.15) is 235 Å². The van der Waals surface area contributed by atoms with Crippen molar-refractivity contribution in [2.75, 3.05) is 91.9 Å². The molecule has 8 rings (SSSR count). The van der Waals surface area contributed by atoms with Gasteiger partial charge in [0.1, 0.15) is 5.84 Å². The van der Waals surface area contributed by atoms with Crippen LogP contribution < -0.4 is 31.9 Å². The van der Waals surface area contributed by atoms with Crippen LogP contribution >= 0.6 is 0 Å². The fourth-order valence-corrected chi connectivity index (χ4v) is 11.7. The number of ether oxygens (including phenoxy) is 1. The third kappa shape index (κ3) is 30.4. The predicted molar refractivity (Wildman–Crippen MR) is 333 cm³/mol. The highest BCUT2D eigenvalue weighted by Crippen LogP contribution is 2.39. The summed E-state index contributed by atoms with van der Waals surface area (Å²) in [5, 5.41) is 28.3. The van der Waals surface area contributed by atoms with Gasteiger partial charge in [-0.15, -0.1) is 5.11 Å². The molecule has 0 aromatic heterocycles. The van der Waals surface area contributed by atoms with E-state index in [2.05, 4.69) is 193 Å². The molecular formula is C65H132N10O2. The summed E-state index contributed by atoms with van der Waals surface area (Å²) in [6, 6.07) is 1.53. The van der Waals surface area contributed by atoms with Gasteiger partial charge in [0.15, 0.2) is 6.67 Å². The summed E-state index contributed by atoms with van der Waals surface area (Å²) >= 11 is 0. The molecule has 0 aromatic carbocycles. The van der Waals surface area contributed by atoms with E-state index >= 15 is 0 Å². The lowest BCUT2D eigenvalue weighted by Gasteiger charge is -2.43. The van der Waals surface area contributed by atoms with Gasteiger partial charge in [-0.25, -0.2) is 4.99 Å². The molecule has 1 amide bonds. The average molecular weight is 1090 g/mol. The maximum atomic E-state index is 12.4. The molecular weight excluding hydrogens is 953 g/mol. The Morgan fingerprint density at radius 2 is 0.961 bits per heavy atom. The van der Waals surface area contributed by atoms with E-state index < -0.39 is 0 Å². The van der Waals surface area contributed by atoms with Crippen molar-refractivity contribution in [3.8, 4) is 0 Å². The number of aliphatic imine (C=N–C) groups is 1. The molecule has 0 aromatic rings. The van der Waals surface area contributed by atoms with Gasteiger partial charge in [0.25, 0.3) is 0 Å². The molecule has 77 heavy (non-hydrogen) atoms. The first-order valence-electron chi connectivity index (χ1n) is 31.7. The fourth-order valence-electron chi connectivity index (χ4n) is 11.7. The second-order valence-electron chi connectivity index (χ2n) is 31.6. The number of amides is 1. The number of amidine groups is 1. The number of azo groups is 1. The number of rotatable bonds is 3. The summed E-state index contributed by atoms with van der Waals surface area (Å²) in [4.78, 5) is 18.5. The Balaban J connectivity index is 0.000000314. The molecule has 0 spiro atoms. The number of nitrogens with one attached hydrogen (secondary N) is 6. The highest BCUT2D eigenvalue weighted by atomic mass is 16.5. The molecule has 1 aliphatic carbocycles. The molecule has 5 unspecified atom stereocenters. The summed E-state index contributed by atoms with van der Waals surface area (Å²) in [7, 11) is 0. The van der Waals surface area contributed by atoms with Crippen LogP contribution in [0.5, 0.6) is 0 Å². The normalized spacial score (nSPS) is 26.0. The van der Waals surface area contributed by atoms with Gasteiger partial charge in [-0.05, 0) is 165 Å². The first kappa shape index (κ1) is 71.6. The van der Waals surface area contributed by atoms with Crippen LogP contribution in [-0.4, -0.2) is 127 Å². The largest absolute Gasteiger partial charge is 0.378 e. The van der Waals surface area contributed by atoms with Crippen molar-refractivity contribution in [2.45, 2.75) is 253 Å². The van der Waals surface area contributed by atoms with Crippen molar-refractivity contribution in [1.29, 1.82) is 0 Å². The zero-order valence-electron chi connectivity index (χ0n) is 54.9. The Labute approximate surface area is 478 Å². The van der Waals surface area contributed by atoms with E-state index in [0.29, 0.717) is 63.9 Å². The minimum atomic E-state index is 0.0909. The smallest absolute Gasteiger partial charge is 0.223 e. The van der Waals surface area contributed by atoms with Gasteiger partial charge in [0, 0.05) is 57.1 Å². The summed E-state index contributed by atoms with van der Waals surface area (Å²) in [6.45, 7) is 62.6. The zero-order valence-corrected chi connectivity index (χ0v) is 54.9. The van der Waals surface area contributed by atoms with E-state index in [1.165, 1.54) is 123 Å². The molecule has 454 valence electrons. The molecule has 7 fully saturated rings. The number of piperidine rings is 3. The van der Waals surface area contributed by atoms with Crippen molar-refractivity contribution < 1.29 is 9.53 Å². The highest BCUT2D eigenvalue weighted by Gasteiger charge is 2.35. The van der Waals surface area contributed by atoms with Crippen LogP contribution in [-0.2, 0) is 9.53 Å². The second kappa shape index (κ2) is 34.2. The van der Waals surface area contributed by atoms with Crippen molar-refractivity contribution in [2.24, 2.45) is 76.8 Å². The fraction of sp³-hybridized carbons (Fsp3) is 0.969. The van der Waals surface area contributed by atoms with E-state index in [9.17, 15) is 4.79 Å². The Morgan fingerprint density at radius 1 is 0.481 bits per heavy atom. The van der Waals surface area contributed by atoms with E-state index in [-0.39, 0.29) is 17.4 Å². The van der Waals surface area contributed by atoms with Crippen LogP contribution in [0.15, 0.2) is 15.2 Å². The third-order valence-electron chi connectivity index (χ3n) is 17.9.